The van der Waals surface area contributed by atoms with Crippen LogP contribution in [0.1, 0.15) is 29.6 Å². The molecule has 1 aromatic heterocycles. The minimum absolute atomic E-state index is 0.0683. The molecule has 1 saturated heterocycles. The van der Waals surface area contributed by atoms with E-state index in [2.05, 4.69) is 10.3 Å². The number of imide groups is 1. The molecular weight excluding hydrogens is 390 g/mol. The second-order valence-electron chi connectivity index (χ2n) is 8.78. The summed E-state index contributed by atoms with van der Waals surface area (Å²) >= 11 is 0. The predicted octanol–water partition coefficient (Wildman–Crippen LogP) is 4.02. The van der Waals surface area contributed by atoms with Gasteiger partial charge in [-0.2, -0.15) is 0 Å². The highest BCUT2D eigenvalue weighted by molar-refractivity contribution is 6.22. The van der Waals surface area contributed by atoms with Crippen LogP contribution in [0.5, 0.6) is 0 Å². The zero-order chi connectivity index (χ0) is 21.1. The molecule has 4 atom stereocenters. The lowest BCUT2D eigenvalue weighted by molar-refractivity contribution is -0.123. The summed E-state index contributed by atoms with van der Waals surface area (Å²) in [5, 5.41) is 3.86. The molecular formula is C25H21N3O3. The number of carbonyl (C=O) groups is 3. The van der Waals surface area contributed by atoms with Gasteiger partial charge in [0, 0.05) is 17.1 Å². The topological polar surface area (TPSA) is 79.4 Å². The van der Waals surface area contributed by atoms with Crippen molar-refractivity contribution in [2.24, 2.45) is 23.7 Å². The number of anilines is 2. The molecule has 0 radical (unpaired) electrons. The first-order valence-electron chi connectivity index (χ1n) is 10.7. The lowest BCUT2D eigenvalue weighted by atomic mass is 9.81. The smallest absolute Gasteiger partial charge is 0.255 e. The van der Waals surface area contributed by atoms with E-state index in [1.165, 1.54) is 4.90 Å². The number of benzene rings is 2. The van der Waals surface area contributed by atoms with Gasteiger partial charge in [-0.05, 0) is 67.5 Å². The number of amides is 3. The molecule has 0 spiro atoms. The fourth-order valence-corrected chi connectivity index (χ4v) is 5.82. The molecule has 2 heterocycles. The first kappa shape index (κ1) is 18.2. The molecule has 2 aromatic carbocycles. The average molecular weight is 411 g/mol. The Balaban J connectivity index is 1.24. The molecule has 3 fully saturated rings. The summed E-state index contributed by atoms with van der Waals surface area (Å²) in [5.41, 5.74) is 2.37. The third kappa shape index (κ3) is 2.71. The third-order valence-electron chi connectivity index (χ3n) is 7.20. The molecule has 31 heavy (non-hydrogen) atoms. The minimum Gasteiger partial charge on any atom is -0.320 e. The molecule has 6 rings (SSSR count). The first-order valence-corrected chi connectivity index (χ1v) is 10.7. The van der Waals surface area contributed by atoms with Gasteiger partial charge in [0.2, 0.25) is 11.8 Å². The quantitative estimate of drug-likeness (QED) is 0.660. The molecule has 2 saturated carbocycles. The zero-order valence-corrected chi connectivity index (χ0v) is 16.8. The van der Waals surface area contributed by atoms with Crippen molar-refractivity contribution in [3.05, 3.63) is 66.4 Å². The van der Waals surface area contributed by atoms with Crippen LogP contribution in [0.4, 0.5) is 11.4 Å². The molecule has 2 aliphatic carbocycles. The molecule has 3 aliphatic rings. The maximum absolute atomic E-state index is 13.0. The normalized spacial score (nSPS) is 26.5. The number of nitrogens with zero attached hydrogens (tertiary/aromatic N) is 2. The lowest BCUT2D eigenvalue weighted by Crippen LogP contribution is -2.32. The summed E-state index contributed by atoms with van der Waals surface area (Å²) in [5.74, 6) is 0.0222. The highest BCUT2D eigenvalue weighted by Gasteiger charge is 2.61. The van der Waals surface area contributed by atoms with Gasteiger partial charge in [-0.3, -0.25) is 24.3 Å². The zero-order valence-electron chi connectivity index (χ0n) is 16.8. The summed E-state index contributed by atoms with van der Waals surface area (Å²) in [7, 11) is 0. The molecule has 3 unspecified atom stereocenters. The van der Waals surface area contributed by atoms with Crippen molar-refractivity contribution < 1.29 is 14.4 Å². The molecule has 3 amide bonds. The number of hydrogen-bond donors (Lipinski definition) is 1. The van der Waals surface area contributed by atoms with E-state index < -0.39 is 0 Å². The second-order valence-corrected chi connectivity index (χ2v) is 8.78. The van der Waals surface area contributed by atoms with Gasteiger partial charge in [0.05, 0.1) is 28.7 Å². The SMILES string of the molecule is O=C(Nc1cccc2cccnc12)c1ccc(N2C(=O)C3C4CC[C@H](C4)C3C2=O)cc1. The predicted molar refractivity (Wildman–Crippen MR) is 116 cm³/mol. The van der Waals surface area contributed by atoms with Crippen LogP contribution < -0.4 is 10.2 Å². The third-order valence-corrected chi connectivity index (χ3v) is 7.20. The van der Waals surface area contributed by atoms with Crippen molar-refractivity contribution in [1.29, 1.82) is 0 Å². The molecule has 6 heteroatoms. The van der Waals surface area contributed by atoms with Crippen molar-refractivity contribution in [1.82, 2.24) is 4.98 Å². The van der Waals surface area contributed by atoms with Crippen molar-refractivity contribution in [3.63, 3.8) is 0 Å². The second kappa shape index (κ2) is 6.74. The standard InChI is InChI=1S/C25H21N3O3/c29-23(27-19-5-1-3-14-4-2-12-26-22(14)19)15-8-10-18(11-9-15)28-24(30)20-16-6-7-17(13-16)21(20)25(28)31/h1-5,8-12,16-17,20-21H,6-7,13H2,(H,27,29)/t16-,17?,20?,21?/m1/s1. The van der Waals surface area contributed by atoms with Crippen molar-refractivity contribution in [2.75, 3.05) is 10.2 Å². The van der Waals surface area contributed by atoms with Crippen molar-refractivity contribution >= 4 is 40.0 Å². The highest BCUT2D eigenvalue weighted by atomic mass is 16.2. The van der Waals surface area contributed by atoms with Crippen LogP contribution in [0, 0.1) is 23.7 Å². The van der Waals surface area contributed by atoms with Gasteiger partial charge in [0.1, 0.15) is 0 Å². The van der Waals surface area contributed by atoms with Crippen LogP contribution in [-0.2, 0) is 9.59 Å². The van der Waals surface area contributed by atoms with Crippen LogP contribution in [-0.4, -0.2) is 22.7 Å². The minimum atomic E-state index is -0.265. The Kier molecular flexibility index (Phi) is 3.96. The van der Waals surface area contributed by atoms with E-state index in [-0.39, 0.29) is 29.6 Å². The number of aromatic nitrogens is 1. The molecule has 1 N–H and O–H groups in total. The van der Waals surface area contributed by atoms with E-state index in [0.717, 1.165) is 30.2 Å². The van der Waals surface area contributed by atoms with Gasteiger partial charge < -0.3 is 5.32 Å². The van der Waals surface area contributed by atoms with E-state index in [0.29, 0.717) is 28.8 Å². The number of para-hydroxylation sites is 1. The maximum atomic E-state index is 13.0. The van der Waals surface area contributed by atoms with Crippen molar-refractivity contribution in [3.8, 4) is 0 Å². The van der Waals surface area contributed by atoms with Gasteiger partial charge >= 0.3 is 0 Å². The summed E-state index contributed by atoms with van der Waals surface area (Å²) in [6.07, 6.45) is 4.82. The first-order chi connectivity index (χ1) is 15.1. The lowest BCUT2D eigenvalue weighted by Gasteiger charge is -2.19. The summed E-state index contributed by atoms with van der Waals surface area (Å²) in [4.78, 5) is 44.5. The number of hydrogen-bond acceptors (Lipinski definition) is 4. The Morgan fingerprint density at radius 2 is 1.58 bits per heavy atom. The van der Waals surface area contributed by atoms with Crippen molar-refractivity contribution in [2.45, 2.75) is 19.3 Å². The highest BCUT2D eigenvalue weighted by Crippen LogP contribution is 2.56. The monoisotopic (exact) mass is 411 g/mol. The molecule has 154 valence electrons. The van der Waals surface area contributed by atoms with Gasteiger partial charge in [-0.25, -0.2) is 0 Å². The Morgan fingerprint density at radius 3 is 2.29 bits per heavy atom. The van der Waals surface area contributed by atoms with E-state index in [1.54, 1.807) is 30.5 Å². The van der Waals surface area contributed by atoms with Crippen LogP contribution in [0.2, 0.25) is 0 Å². The maximum Gasteiger partial charge on any atom is 0.255 e. The van der Waals surface area contributed by atoms with Gasteiger partial charge in [-0.15, -0.1) is 0 Å². The van der Waals surface area contributed by atoms with E-state index in [4.69, 9.17) is 0 Å². The number of nitrogens with one attached hydrogen (secondary N) is 1. The average Bonchev–Trinajstić information content (AvgIpc) is 3.48. The Hall–Kier alpha value is -3.54. The van der Waals surface area contributed by atoms with Gasteiger partial charge in [0.15, 0.2) is 0 Å². The number of fused-ring (bicyclic) bond motifs is 6. The van der Waals surface area contributed by atoms with Crippen LogP contribution >= 0.6 is 0 Å². The largest absolute Gasteiger partial charge is 0.320 e. The van der Waals surface area contributed by atoms with E-state index >= 15 is 0 Å². The van der Waals surface area contributed by atoms with E-state index in [9.17, 15) is 14.4 Å². The Labute approximate surface area is 179 Å². The van der Waals surface area contributed by atoms with Gasteiger partial charge in [0.25, 0.3) is 5.91 Å². The Bertz CT molecular complexity index is 1200. The van der Waals surface area contributed by atoms with Crippen LogP contribution in [0.3, 0.4) is 0 Å². The molecule has 3 aromatic rings. The van der Waals surface area contributed by atoms with E-state index in [1.807, 2.05) is 30.3 Å². The molecule has 6 nitrogen and oxygen atoms in total. The van der Waals surface area contributed by atoms with Crippen LogP contribution in [0.15, 0.2) is 60.8 Å². The molecule has 1 aliphatic heterocycles. The summed E-state index contributed by atoms with van der Waals surface area (Å²) in [6, 6.07) is 16.1. The summed E-state index contributed by atoms with van der Waals surface area (Å²) in [6.45, 7) is 0. The van der Waals surface area contributed by atoms with Gasteiger partial charge in [-0.1, -0.05) is 18.2 Å². The number of rotatable bonds is 3. The fourth-order valence-electron chi connectivity index (χ4n) is 5.82. The summed E-state index contributed by atoms with van der Waals surface area (Å²) < 4.78 is 0. The fraction of sp³-hybridized carbons (Fsp3) is 0.280. The Morgan fingerprint density at radius 1 is 0.903 bits per heavy atom. The molecule has 2 bridgehead atoms. The van der Waals surface area contributed by atoms with Crippen LogP contribution in [0.25, 0.3) is 10.9 Å². The number of carbonyl (C=O) groups excluding carboxylic acids is 3. The number of pyridine rings is 1.